The van der Waals surface area contributed by atoms with Crippen LogP contribution in [0.25, 0.3) is 10.8 Å². The van der Waals surface area contributed by atoms with Crippen LogP contribution in [0.3, 0.4) is 0 Å². The monoisotopic (exact) mass is 558 g/mol. The van der Waals surface area contributed by atoms with Gasteiger partial charge in [-0.3, -0.25) is 19.8 Å². The Kier molecular flexibility index (Phi) is 8.40. The Morgan fingerprint density at radius 2 is 1.82 bits per heavy atom. The first-order valence-corrected chi connectivity index (χ1v) is 14.3. The summed E-state index contributed by atoms with van der Waals surface area (Å²) in [6.07, 6.45) is 2.12. The number of nitrogens with zero attached hydrogens (tertiary/aromatic N) is 3. The van der Waals surface area contributed by atoms with Crippen molar-refractivity contribution in [3.05, 3.63) is 42.5 Å². The fourth-order valence-corrected chi connectivity index (χ4v) is 6.12. The fraction of sp³-hybridized carbons (Fsp3) is 0.462. The number of fused-ring (bicyclic) bond motifs is 1. The first kappa shape index (κ1) is 28.3. The predicted octanol–water partition coefficient (Wildman–Crippen LogP) is 0.769. The molecule has 1 aliphatic heterocycles. The Labute approximate surface area is 227 Å². The highest BCUT2D eigenvalue weighted by molar-refractivity contribution is 7.89. The predicted molar refractivity (Wildman–Crippen MR) is 144 cm³/mol. The molecule has 2 aromatic rings. The lowest BCUT2D eigenvalue weighted by Gasteiger charge is -2.38. The number of carboxylic acid groups (broad SMARTS) is 1. The highest BCUT2D eigenvalue weighted by Crippen LogP contribution is 2.28. The molecule has 4 rings (SSSR count). The van der Waals surface area contributed by atoms with Gasteiger partial charge >= 0.3 is 5.97 Å². The van der Waals surface area contributed by atoms with Gasteiger partial charge in [-0.1, -0.05) is 30.3 Å². The second kappa shape index (κ2) is 11.6. The van der Waals surface area contributed by atoms with Gasteiger partial charge in [-0.25, -0.2) is 8.42 Å². The summed E-state index contributed by atoms with van der Waals surface area (Å²) in [7, 11) is -2.67. The van der Waals surface area contributed by atoms with Gasteiger partial charge in [0.25, 0.3) is 0 Å². The van der Waals surface area contributed by atoms with E-state index in [0.29, 0.717) is 44.2 Å². The average molecular weight is 559 g/mol. The minimum atomic E-state index is -4.25. The van der Waals surface area contributed by atoms with E-state index < -0.39 is 46.8 Å². The summed E-state index contributed by atoms with van der Waals surface area (Å²) in [5, 5.41) is 18.6. The van der Waals surface area contributed by atoms with Gasteiger partial charge < -0.3 is 25.5 Å². The van der Waals surface area contributed by atoms with E-state index in [4.69, 9.17) is 11.1 Å². The van der Waals surface area contributed by atoms with Gasteiger partial charge in [0, 0.05) is 32.2 Å². The molecule has 5 N–H and O–H groups in total. The number of aliphatic carboxylic acids is 1. The molecule has 0 radical (unpaired) electrons. The van der Waals surface area contributed by atoms with Gasteiger partial charge in [-0.05, 0) is 48.6 Å². The number of hydrogen-bond acceptors (Lipinski definition) is 6. The molecule has 2 amide bonds. The lowest BCUT2D eigenvalue weighted by Crippen LogP contribution is -2.55. The van der Waals surface area contributed by atoms with Gasteiger partial charge in [0.1, 0.15) is 12.6 Å². The fourth-order valence-electron chi connectivity index (χ4n) is 4.90. The summed E-state index contributed by atoms with van der Waals surface area (Å²) in [6.45, 7) is 0.371. The van der Waals surface area contributed by atoms with E-state index in [-0.39, 0.29) is 22.9 Å². The number of sulfonamides is 1. The minimum Gasteiger partial charge on any atom is -0.480 e. The maximum atomic E-state index is 13.6. The first-order valence-electron chi connectivity index (χ1n) is 12.8. The number of nitrogens with one attached hydrogen (secondary N) is 2. The highest BCUT2D eigenvalue weighted by atomic mass is 32.2. The van der Waals surface area contributed by atoms with Crippen molar-refractivity contribution in [3.8, 4) is 0 Å². The zero-order valence-corrected chi connectivity index (χ0v) is 22.6. The van der Waals surface area contributed by atoms with Crippen molar-refractivity contribution in [2.24, 2.45) is 5.73 Å². The molecule has 1 aliphatic carbocycles. The molecule has 2 atom stereocenters. The number of likely N-dealkylation sites (tertiary alicyclic amines) is 1. The maximum Gasteiger partial charge on any atom is 0.323 e. The normalized spacial score (nSPS) is 18.4. The van der Waals surface area contributed by atoms with Crippen molar-refractivity contribution in [2.75, 3.05) is 26.7 Å². The van der Waals surface area contributed by atoms with Crippen LogP contribution in [-0.2, 0) is 24.4 Å². The Hall–Kier alpha value is -3.71. The van der Waals surface area contributed by atoms with Crippen molar-refractivity contribution >= 4 is 44.5 Å². The van der Waals surface area contributed by atoms with Crippen molar-refractivity contribution in [2.45, 2.75) is 55.1 Å². The van der Waals surface area contributed by atoms with Crippen molar-refractivity contribution in [1.82, 2.24) is 19.4 Å². The number of hydrogen-bond donors (Lipinski definition) is 4. The Balaban J connectivity index is 1.59. The van der Waals surface area contributed by atoms with Gasteiger partial charge in [0.05, 0.1) is 11.3 Å². The molecule has 210 valence electrons. The van der Waals surface area contributed by atoms with Crippen molar-refractivity contribution in [1.29, 1.82) is 5.41 Å². The zero-order chi connectivity index (χ0) is 28.3. The number of carbonyl (C=O) groups excluding carboxylic acids is 2. The number of benzene rings is 2. The van der Waals surface area contributed by atoms with Gasteiger partial charge in [-0.2, -0.15) is 4.72 Å². The van der Waals surface area contributed by atoms with E-state index in [0.717, 1.165) is 10.3 Å². The van der Waals surface area contributed by atoms with Gasteiger partial charge in [-0.15, -0.1) is 0 Å². The molecule has 1 saturated heterocycles. The molecule has 0 spiro atoms. The molecule has 2 aromatic carbocycles. The summed E-state index contributed by atoms with van der Waals surface area (Å²) in [5.74, 6) is -2.54. The number of nitrogens with two attached hydrogens (primary N) is 1. The second-order valence-corrected chi connectivity index (χ2v) is 11.8. The van der Waals surface area contributed by atoms with Gasteiger partial charge in [0.15, 0.2) is 5.96 Å². The highest BCUT2D eigenvalue weighted by Gasteiger charge is 2.40. The van der Waals surface area contributed by atoms with Crippen molar-refractivity contribution < 1.29 is 27.9 Å². The molecule has 1 saturated carbocycles. The second-order valence-electron chi connectivity index (χ2n) is 10.1. The van der Waals surface area contributed by atoms with Crippen LogP contribution in [0.4, 0.5) is 0 Å². The SMILES string of the molecule is CN(C(=O)C[C@@H](NS(=O)(=O)c1ccc2ccccc2c1)C(=O)N(CC(=O)O)C1CC1)[C@H]1CCCN(C(=N)N)C1. The van der Waals surface area contributed by atoms with Crippen LogP contribution in [-0.4, -0.2) is 96.8 Å². The Morgan fingerprint density at radius 1 is 1.13 bits per heavy atom. The molecule has 2 fully saturated rings. The summed E-state index contributed by atoms with van der Waals surface area (Å²) in [4.78, 5) is 42.6. The number of amides is 2. The molecule has 1 heterocycles. The van der Waals surface area contributed by atoms with Crippen molar-refractivity contribution in [3.63, 3.8) is 0 Å². The van der Waals surface area contributed by atoms with E-state index in [2.05, 4.69) is 4.72 Å². The van der Waals surface area contributed by atoms with Crippen LogP contribution >= 0.6 is 0 Å². The molecule has 13 heteroatoms. The molecule has 2 aliphatic rings. The number of carbonyl (C=O) groups is 3. The Morgan fingerprint density at radius 3 is 2.46 bits per heavy atom. The van der Waals surface area contributed by atoms with E-state index in [1.807, 2.05) is 12.1 Å². The average Bonchev–Trinajstić information content (AvgIpc) is 3.75. The minimum absolute atomic E-state index is 0.0691. The number of guanidine groups is 1. The van der Waals surface area contributed by atoms with Crippen LogP contribution in [0.15, 0.2) is 47.4 Å². The number of carboxylic acids is 1. The molecular weight excluding hydrogens is 524 g/mol. The standard InChI is InChI=1S/C26H34N6O6S/c1-30(20-7-4-12-31(15-20)26(27)28)23(33)14-22(25(36)32(16-24(34)35)19-9-10-19)29-39(37,38)21-11-8-17-5-2-3-6-18(17)13-21/h2-3,5-6,8,11,13,19-20,22,29H,4,7,9-10,12,14-16H2,1H3,(H3,27,28)(H,34,35)/t20-,22+/m0/s1. The third-order valence-corrected chi connectivity index (χ3v) is 8.73. The van der Waals surface area contributed by atoms with E-state index in [9.17, 15) is 27.9 Å². The number of rotatable bonds is 10. The number of likely N-dealkylation sites (N-methyl/N-ethyl adjacent to an activating group) is 1. The van der Waals surface area contributed by atoms with E-state index in [1.54, 1.807) is 30.1 Å². The summed E-state index contributed by atoms with van der Waals surface area (Å²) >= 11 is 0. The lowest BCUT2D eigenvalue weighted by atomic mass is 10.0. The topological polar surface area (TPSA) is 177 Å². The molecule has 0 bridgehead atoms. The molecule has 0 unspecified atom stereocenters. The summed E-state index contributed by atoms with van der Waals surface area (Å²) in [5.41, 5.74) is 5.62. The molecule has 39 heavy (non-hydrogen) atoms. The third-order valence-electron chi connectivity index (χ3n) is 7.26. The Bertz CT molecular complexity index is 1380. The smallest absolute Gasteiger partial charge is 0.323 e. The zero-order valence-electron chi connectivity index (χ0n) is 21.7. The quantitative estimate of drug-likeness (QED) is 0.244. The van der Waals surface area contributed by atoms with E-state index in [1.165, 1.54) is 17.0 Å². The summed E-state index contributed by atoms with van der Waals surface area (Å²) < 4.78 is 29.3. The van der Waals surface area contributed by atoms with Crippen LogP contribution < -0.4 is 10.5 Å². The van der Waals surface area contributed by atoms with Gasteiger partial charge in [0.2, 0.25) is 21.8 Å². The van der Waals surface area contributed by atoms with Crippen LogP contribution in [0.1, 0.15) is 32.1 Å². The first-order chi connectivity index (χ1) is 18.5. The van der Waals surface area contributed by atoms with Crippen LogP contribution in [0.2, 0.25) is 0 Å². The largest absolute Gasteiger partial charge is 0.480 e. The molecular formula is C26H34N6O6S. The molecule has 12 nitrogen and oxygen atoms in total. The van der Waals surface area contributed by atoms with Crippen LogP contribution in [0, 0.1) is 5.41 Å². The van der Waals surface area contributed by atoms with E-state index >= 15 is 0 Å². The third kappa shape index (κ3) is 6.84. The maximum absolute atomic E-state index is 13.6. The molecule has 0 aromatic heterocycles. The number of piperidine rings is 1. The van der Waals surface area contributed by atoms with Crippen LogP contribution in [0.5, 0.6) is 0 Å². The summed E-state index contributed by atoms with van der Waals surface area (Å²) in [6, 6.07) is 9.72. The lowest BCUT2D eigenvalue weighted by molar-refractivity contribution is -0.146.